The Balaban J connectivity index is 1.57. The standard InChI is InChI=1S/C26H30ClF3N6O3/c1-3-13-8-15(4-6-26(13,2)23(37)38)36-22-20(11-31-24(35-22)32-19-5-7-39-12-18(19)30)33-25(36)34-21-16(27)9-14(28)10-17(21)29/h9-11,13,15,18-19H,3-8,12H2,1-2H3,(H,33,34)(H,37,38)(H,31,32,35)/t13?,15-,18+,19-,26+/m0/s1. The predicted molar refractivity (Wildman–Crippen MR) is 140 cm³/mol. The summed E-state index contributed by atoms with van der Waals surface area (Å²) in [5.74, 6) is -2.28. The van der Waals surface area contributed by atoms with Crippen LogP contribution < -0.4 is 10.6 Å². The predicted octanol–water partition coefficient (Wildman–Crippen LogP) is 5.88. The maximum absolute atomic E-state index is 14.7. The van der Waals surface area contributed by atoms with Gasteiger partial charge in [-0.25, -0.2) is 23.1 Å². The highest BCUT2D eigenvalue weighted by atomic mass is 35.5. The molecule has 1 saturated heterocycles. The molecule has 2 aliphatic rings. The van der Waals surface area contributed by atoms with E-state index in [1.165, 1.54) is 6.20 Å². The third-order valence-corrected chi connectivity index (χ3v) is 8.38. The minimum Gasteiger partial charge on any atom is -0.481 e. The Labute approximate surface area is 228 Å². The largest absolute Gasteiger partial charge is 0.481 e. The zero-order valence-corrected chi connectivity index (χ0v) is 22.3. The first-order chi connectivity index (χ1) is 18.6. The third-order valence-electron chi connectivity index (χ3n) is 8.08. The number of anilines is 3. The summed E-state index contributed by atoms with van der Waals surface area (Å²) in [6.45, 7) is 4.13. The van der Waals surface area contributed by atoms with Crippen molar-refractivity contribution in [1.82, 2.24) is 19.5 Å². The van der Waals surface area contributed by atoms with Gasteiger partial charge in [-0.05, 0) is 44.6 Å². The molecule has 210 valence electrons. The van der Waals surface area contributed by atoms with Crippen molar-refractivity contribution < 1.29 is 27.8 Å². The first-order valence-electron chi connectivity index (χ1n) is 13.0. The molecule has 2 aromatic heterocycles. The quantitative estimate of drug-likeness (QED) is 0.325. The maximum Gasteiger partial charge on any atom is 0.309 e. The minimum atomic E-state index is -1.22. The number of hydrogen-bond acceptors (Lipinski definition) is 7. The second kappa shape index (κ2) is 10.8. The second-order valence-electron chi connectivity index (χ2n) is 10.5. The number of imidazole rings is 1. The molecule has 5 atom stereocenters. The van der Waals surface area contributed by atoms with E-state index < -0.39 is 35.2 Å². The summed E-state index contributed by atoms with van der Waals surface area (Å²) in [4.78, 5) is 25.7. The number of alkyl halides is 1. The maximum atomic E-state index is 14.7. The highest BCUT2D eigenvalue weighted by Crippen LogP contribution is 2.48. The van der Waals surface area contributed by atoms with E-state index in [-0.39, 0.29) is 41.2 Å². The summed E-state index contributed by atoms with van der Waals surface area (Å²) in [6, 6.07) is 0.954. The van der Waals surface area contributed by atoms with Crippen LogP contribution in [0.15, 0.2) is 18.3 Å². The van der Waals surface area contributed by atoms with Gasteiger partial charge < -0.3 is 20.5 Å². The van der Waals surface area contributed by atoms with Crippen molar-refractivity contribution >= 4 is 46.3 Å². The van der Waals surface area contributed by atoms with Crippen molar-refractivity contribution in [3.05, 3.63) is 35.0 Å². The highest BCUT2D eigenvalue weighted by Gasteiger charge is 2.45. The van der Waals surface area contributed by atoms with Gasteiger partial charge in [0.05, 0.1) is 35.0 Å². The summed E-state index contributed by atoms with van der Waals surface area (Å²) < 4.78 is 49.8. The van der Waals surface area contributed by atoms with Gasteiger partial charge in [-0.15, -0.1) is 0 Å². The average molecular weight is 567 g/mol. The fourth-order valence-electron chi connectivity index (χ4n) is 5.71. The van der Waals surface area contributed by atoms with Crippen molar-refractivity contribution in [3.8, 4) is 0 Å². The molecule has 0 bridgehead atoms. The Hall–Kier alpha value is -3.12. The number of carboxylic acids is 1. The molecule has 3 heterocycles. The molecular weight excluding hydrogens is 537 g/mol. The van der Waals surface area contributed by atoms with Gasteiger partial charge in [0.2, 0.25) is 11.9 Å². The van der Waals surface area contributed by atoms with E-state index in [9.17, 15) is 23.1 Å². The molecular formula is C26H30ClF3N6O3. The summed E-state index contributed by atoms with van der Waals surface area (Å²) >= 11 is 6.16. The molecule has 13 heteroatoms. The number of aromatic nitrogens is 4. The molecule has 0 radical (unpaired) electrons. The smallest absolute Gasteiger partial charge is 0.309 e. The van der Waals surface area contributed by atoms with Crippen molar-refractivity contribution in [3.63, 3.8) is 0 Å². The number of nitrogens with one attached hydrogen (secondary N) is 2. The van der Waals surface area contributed by atoms with Gasteiger partial charge in [-0.2, -0.15) is 4.98 Å². The molecule has 0 amide bonds. The molecule has 1 aliphatic heterocycles. The van der Waals surface area contributed by atoms with Gasteiger partial charge in [-0.1, -0.05) is 24.9 Å². The Morgan fingerprint density at radius 1 is 1.31 bits per heavy atom. The van der Waals surface area contributed by atoms with E-state index in [1.54, 1.807) is 11.5 Å². The molecule has 3 aromatic rings. The molecule has 1 aromatic carbocycles. The first kappa shape index (κ1) is 27.4. The van der Waals surface area contributed by atoms with Crippen LogP contribution in [0.1, 0.15) is 52.0 Å². The lowest BCUT2D eigenvalue weighted by Gasteiger charge is -2.41. The van der Waals surface area contributed by atoms with Gasteiger partial charge in [0, 0.05) is 18.7 Å². The Morgan fingerprint density at radius 3 is 2.79 bits per heavy atom. The number of fused-ring (bicyclic) bond motifs is 1. The normalized spacial score (nSPS) is 27.4. The van der Waals surface area contributed by atoms with Gasteiger partial charge >= 0.3 is 5.97 Å². The molecule has 1 aliphatic carbocycles. The van der Waals surface area contributed by atoms with Gasteiger partial charge in [-0.3, -0.25) is 9.36 Å². The van der Waals surface area contributed by atoms with Crippen LogP contribution in [0.25, 0.3) is 11.2 Å². The van der Waals surface area contributed by atoms with Gasteiger partial charge in [0.1, 0.15) is 17.5 Å². The first-order valence-corrected chi connectivity index (χ1v) is 13.4. The van der Waals surface area contributed by atoms with Crippen molar-refractivity contribution in [2.24, 2.45) is 11.3 Å². The lowest BCUT2D eigenvalue weighted by Crippen LogP contribution is -2.41. The second-order valence-corrected chi connectivity index (χ2v) is 10.9. The number of rotatable bonds is 7. The lowest BCUT2D eigenvalue weighted by molar-refractivity contribution is -0.154. The van der Waals surface area contributed by atoms with Crippen LogP contribution in [0.3, 0.4) is 0 Å². The number of ether oxygens (including phenoxy) is 1. The van der Waals surface area contributed by atoms with E-state index in [2.05, 4.69) is 25.6 Å². The Morgan fingerprint density at radius 2 is 2.10 bits per heavy atom. The minimum absolute atomic E-state index is 0.0151. The molecule has 1 saturated carbocycles. The van der Waals surface area contributed by atoms with E-state index in [4.69, 9.17) is 16.3 Å². The lowest BCUT2D eigenvalue weighted by atomic mass is 9.65. The molecule has 2 fully saturated rings. The zero-order chi connectivity index (χ0) is 27.9. The summed E-state index contributed by atoms with van der Waals surface area (Å²) in [6.07, 6.45) is 2.79. The van der Waals surface area contributed by atoms with E-state index in [0.717, 1.165) is 12.1 Å². The van der Waals surface area contributed by atoms with Crippen LogP contribution in [0, 0.1) is 23.0 Å². The van der Waals surface area contributed by atoms with Gasteiger partial charge in [0.15, 0.2) is 11.5 Å². The number of nitrogens with zero attached hydrogens (tertiary/aromatic N) is 4. The third kappa shape index (κ3) is 5.23. The Bertz CT molecular complexity index is 1370. The number of halogens is 4. The number of carboxylic acid groups (broad SMARTS) is 1. The summed E-state index contributed by atoms with van der Waals surface area (Å²) in [7, 11) is 0. The summed E-state index contributed by atoms with van der Waals surface area (Å²) in [5.41, 5.74) is -0.232. The molecule has 5 rings (SSSR count). The van der Waals surface area contributed by atoms with Crippen LogP contribution >= 0.6 is 11.6 Å². The number of aliphatic carboxylic acids is 1. The van der Waals surface area contributed by atoms with E-state index in [1.807, 2.05) is 6.92 Å². The average Bonchev–Trinajstić information content (AvgIpc) is 3.25. The van der Waals surface area contributed by atoms with E-state index in [0.29, 0.717) is 49.9 Å². The van der Waals surface area contributed by atoms with Crippen molar-refractivity contribution in [2.45, 2.75) is 64.2 Å². The van der Waals surface area contributed by atoms with Crippen molar-refractivity contribution in [1.29, 1.82) is 0 Å². The Kier molecular flexibility index (Phi) is 7.60. The topological polar surface area (TPSA) is 114 Å². The fraction of sp³-hybridized carbons (Fsp3) is 0.538. The van der Waals surface area contributed by atoms with Crippen LogP contribution in [0.2, 0.25) is 5.02 Å². The zero-order valence-electron chi connectivity index (χ0n) is 21.6. The highest BCUT2D eigenvalue weighted by molar-refractivity contribution is 6.33. The van der Waals surface area contributed by atoms with E-state index >= 15 is 0 Å². The van der Waals surface area contributed by atoms with Crippen LogP contribution in [-0.2, 0) is 9.53 Å². The molecule has 3 N–H and O–H groups in total. The van der Waals surface area contributed by atoms with Crippen molar-refractivity contribution in [2.75, 3.05) is 23.8 Å². The molecule has 39 heavy (non-hydrogen) atoms. The fourth-order valence-corrected chi connectivity index (χ4v) is 5.95. The number of hydrogen-bond donors (Lipinski definition) is 3. The molecule has 1 unspecified atom stereocenters. The molecule has 0 spiro atoms. The van der Waals surface area contributed by atoms with Crippen LogP contribution in [0.4, 0.5) is 30.8 Å². The van der Waals surface area contributed by atoms with Gasteiger partial charge in [0.25, 0.3) is 0 Å². The summed E-state index contributed by atoms with van der Waals surface area (Å²) in [5, 5.41) is 15.7. The SMILES string of the molecule is CCC1C[C@@H](n2c(Nc3c(F)cc(F)cc3Cl)nc3cnc(N[C@H]4CCOC[C@H]4F)nc32)CC[C@@]1(C)C(=O)O. The van der Waals surface area contributed by atoms with Crippen LogP contribution in [-0.4, -0.2) is 56.0 Å². The number of carbonyl (C=O) groups is 1. The molecule has 9 nitrogen and oxygen atoms in total. The number of benzene rings is 1. The van der Waals surface area contributed by atoms with Crippen LogP contribution in [0.5, 0.6) is 0 Å². The monoisotopic (exact) mass is 566 g/mol.